The number of rotatable bonds is 2. The highest BCUT2D eigenvalue weighted by molar-refractivity contribution is 6.28. The molecule has 1 aliphatic heterocycles. The van der Waals surface area contributed by atoms with Gasteiger partial charge in [0.2, 0.25) is 5.28 Å². The van der Waals surface area contributed by atoms with E-state index in [4.69, 9.17) is 22.1 Å². The summed E-state index contributed by atoms with van der Waals surface area (Å²) in [5, 5.41) is 0.238. The van der Waals surface area contributed by atoms with Gasteiger partial charge in [0.15, 0.2) is 5.82 Å². The van der Waals surface area contributed by atoms with Crippen LogP contribution in [0.4, 0.5) is 11.5 Å². The lowest BCUT2D eigenvalue weighted by Gasteiger charge is -2.19. The molecule has 0 spiro atoms. The first-order valence-electron chi connectivity index (χ1n) is 5.19. The molecule has 1 atom stereocenters. The second-order valence-corrected chi connectivity index (χ2v) is 4.25. The minimum absolute atomic E-state index is 0.238. The summed E-state index contributed by atoms with van der Waals surface area (Å²) in [5.74, 6) is 0.719. The third kappa shape index (κ3) is 2.05. The Labute approximate surface area is 99.6 Å². The first-order chi connectivity index (χ1) is 7.61. The Morgan fingerprint density at radius 1 is 1.50 bits per heavy atom. The van der Waals surface area contributed by atoms with Crippen LogP contribution in [0.1, 0.15) is 12.1 Å². The number of aromatic nitrogens is 2. The molecule has 6 heteroatoms. The minimum atomic E-state index is 0.238. The summed E-state index contributed by atoms with van der Waals surface area (Å²) in [4.78, 5) is 10.3. The molecule has 1 aromatic heterocycles. The van der Waals surface area contributed by atoms with Gasteiger partial charge in [0.05, 0.1) is 17.5 Å². The summed E-state index contributed by atoms with van der Waals surface area (Å²) in [7, 11) is 1.72. The molecule has 0 aliphatic carbocycles. The molecule has 2 heterocycles. The summed E-state index contributed by atoms with van der Waals surface area (Å²) in [6, 6.07) is 0. The van der Waals surface area contributed by atoms with Gasteiger partial charge < -0.3 is 15.4 Å². The molecule has 1 aromatic rings. The smallest absolute Gasteiger partial charge is 0.224 e. The quantitative estimate of drug-likeness (QED) is 0.791. The highest BCUT2D eigenvalue weighted by Crippen LogP contribution is 2.28. The molecule has 2 N–H and O–H groups in total. The number of anilines is 2. The molecule has 0 radical (unpaired) electrons. The number of hydrogen-bond donors (Lipinski definition) is 1. The van der Waals surface area contributed by atoms with Crippen LogP contribution in [0.25, 0.3) is 0 Å². The average Bonchev–Trinajstić information content (AvgIpc) is 2.71. The summed E-state index contributed by atoms with van der Waals surface area (Å²) in [6.45, 7) is 3.51. The fourth-order valence-corrected chi connectivity index (χ4v) is 2.09. The highest BCUT2D eigenvalue weighted by atomic mass is 35.5. The van der Waals surface area contributed by atoms with Gasteiger partial charge in [-0.1, -0.05) is 0 Å². The van der Waals surface area contributed by atoms with E-state index in [1.54, 1.807) is 7.11 Å². The second kappa shape index (κ2) is 4.43. The maximum atomic E-state index is 5.95. The van der Waals surface area contributed by atoms with Gasteiger partial charge >= 0.3 is 0 Å². The lowest BCUT2D eigenvalue weighted by Crippen LogP contribution is -2.24. The fraction of sp³-hybridized carbons (Fsp3) is 0.600. The Kier molecular flexibility index (Phi) is 3.16. The van der Waals surface area contributed by atoms with Gasteiger partial charge in [-0.05, 0) is 24.9 Å². The maximum absolute atomic E-state index is 5.95. The summed E-state index contributed by atoms with van der Waals surface area (Å²) >= 11 is 5.84. The Morgan fingerprint density at radius 3 is 2.88 bits per heavy atom. The summed E-state index contributed by atoms with van der Waals surface area (Å²) in [5.41, 5.74) is 7.27. The molecule has 88 valence electrons. The predicted octanol–water partition coefficient (Wildman–Crippen LogP) is 1.25. The monoisotopic (exact) mass is 242 g/mol. The second-order valence-electron chi connectivity index (χ2n) is 3.91. The molecular weight excluding hydrogens is 228 g/mol. The molecule has 5 nitrogen and oxygen atoms in total. The van der Waals surface area contributed by atoms with E-state index in [0.717, 1.165) is 31.0 Å². The summed E-state index contributed by atoms with van der Waals surface area (Å²) in [6.07, 6.45) is 1.23. The first-order valence-corrected chi connectivity index (χ1v) is 5.57. The number of ether oxygens (including phenoxy) is 1. The van der Waals surface area contributed by atoms with Gasteiger partial charge in [0.1, 0.15) is 0 Å². The van der Waals surface area contributed by atoms with E-state index in [1.165, 1.54) is 0 Å². The largest absolute Gasteiger partial charge is 0.394 e. The molecule has 16 heavy (non-hydrogen) atoms. The third-order valence-corrected chi connectivity index (χ3v) is 3.04. The lowest BCUT2D eigenvalue weighted by atomic mass is 10.3. The number of nitrogens with zero attached hydrogens (tertiary/aromatic N) is 3. The molecule has 1 unspecified atom stereocenters. The van der Waals surface area contributed by atoms with Crippen molar-refractivity contribution in [3.63, 3.8) is 0 Å². The normalized spacial score (nSPS) is 20.4. The van der Waals surface area contributed by atoms with E-state index in [1.807, 2.05) is 6.92 Å². The number of nitrogens with two attached hydrogens (primary N) is 1. The zero-order chi connectivity index (χ0) is 11.7. The van der Waals surface area contributed by atoms with Crippen molar-refractivity contribution >= 4 is 23.1 Å². The highest BCUT2D eigenvalue weighted by Gasteiger charge is 2.25. The van der Waals surface area contributed by atoms with Crippen molar-refractivity contribution in [3.8, 4) is 0 Å². The summed E-state index contributed by atoms with van der Waals surface area (Å²) < 4.78 is 5.30. The zero-order valence-corrected chi connectivity index (χ0v) is 10.2. The Balaban J connectivity index is 2.27. The van der Waals surface area contributed by atoms with Crippen molar-refractivity contribution in [1.29, 1.82) is 0 Å². The van der Waals surface area contributed by atoms with Gasteiger partial charge in [0.25, 0.3) is 0 Å². The van der Waals surface area contributed by atoms with Crippen LogP contribution in [0.3, 0.4) is 0 Å². The van der Waals surface area contributed by atoms with Gasteiger partial charge in [-0.25, -0.2) is 4.98 Å². The molecule has 1 fully saturated rings. The topological polar surface area (TPSA) is 64.3 Å². The third-order valence-electron chi connectivity index (χ3n) is 2.87. The number of hydrogen-bond acceptors (Lipinski definition) is 5. The van der Waals surface area contributed by atoms with Crippen LogP contribution >= 0.6 is 11.6 Å². The molecule has 0 bridgehead atoms. The van der Waals surface area contributed by atoms with E-state index in [-0.39, 0.29) is 11.4 Å². The lowest BCUT2D eigenvalue weighted by molar-refractivity contribution is 0.121. The van der Waals surface area contributed by atoms with Gasteiger partial charge in [-0.15, -0.1) is 0 Å². The van der Waals surface area contributed by atoms with Crippen molar-refractivity contribution in [2.75, 3.05) is 30.8 Å². The van der Waals surface area contributed by atoms with Crippen molar-refractivity contribution in [3.05, 3.63) is 11.0 Å². The fourth-order valence-electron chi connectivity index (χ4n) is 1.89. The zero-order valence-electron chi connectivity index (χ0n) is 9.40. The van der Waals surface area contributed by atoms with Crippen molar-refractivity contribution < 1.29 is 4.74 Å². The Bertz CT molecular complexity index is 399. The van der Waals surface area contributed by atoms with Crippen molar-refractivity contribution in [1.82, 2.24) is 9.97 Å². The molecule has 1 aliphatic rings. The van der Waals surface area contributed by atoms with Crippen LogP contribution in [-0.2, 0) is 4.74 Å². The van der Waals surface area contributed by atoms with Crippen LogP contribution < -0.4 is 10.6 Å². The SMILES string of the molecule is COC1CCN(c2nc(Cl)nc(C)c2N)C1. The predicted molar refractivity (Wildman–Crippen MR) is 63.8 cm³/mol. The number of nitrogen functional groups attached to an aromatic ring is 1. The van der Waals surface area contributed by atoms with Crippen LogP contribution in [0.5, 0.6) is 0 Å². The van der Waals surface area contributed by atoms with Crippen LogP contribution in [0.2, 0.25) is 5.28 Å². The van der Waals surface area contributed by atoms with E-state index < -0.39 is 0 Å². The van der Waals surface area contributed by atoms with Crippen molar-refractivity contribution in [2.24, 2.45) is 0 Å². The van der Waals surface area contributed by atoms with E-state index in [9.17, 15) is 0 Å². The van der Waals surface area contributed by atoms with Crippen LogP contribution in [0, 0.1) is 6.92 Å². The Hall–Kier alpha value is -1.07. The molecule has 0 aromatic carbocycles. The van der Waals surface area contributed by atoms with Crippen molar-refractivity contribution in [2.45, 2.75) is 19.4 Å². The minimum Gasteiger partial charge on any atom is -0.394 e. The maximum Gasteiger partial charge on any atom is 0.224 e. The first kappa shape index (κ1) is 11.4. The van der Waals surface area contributed by atoms with Gasteiger partial charge in [-0.3, -0.25) is 0 Å². The number of halogens is 1. The van der Waals surface area contributed by atoms with Gasteiger partial charge in [-0.2, -0.15) is 4.98 Å². The molecule has 2 rings (SSSR count). The molecular formula is C10H15ClN4O. The van der Waals surface area contributed by atoms with Crippen LogP contribution in [-0.4, -0.2) is 36.3 Å². The number of aryl methyl sites for hydroxylation is 1. The molecule has 1 saturated heterocycles. The average molecular weight is 243 g/mol. The van der Waals surface area contributed by atoms with E-state index in [0.29, 0.717) is 5.69 Å². The molecule has 0 amide bonds. The number of methoxy groups -OCH3 is 1. The Morgan fingerprint density at radius 2 is 2.25 bits per heavy atom. The standard InChI is InChI=1S/C10H15ClN4O/c1-6-8(12)9(14-10(11)13-6)15-4-3-7(5-15)16-2/h7H,3-5,12H2,1-2H3. The van der Waals surface area contributed by atoms with E-state index >= 15 is 0 Å². The van der Waals surface area contributed by atoms with Gasteiger partial charge in [0, 0.05) is 20.2 Å². The van der Waals surface area contributed by atoms with Crippen LogP contribution in [0.15, 0.2) is 0 Å². The molecule has 0 saturated carbocycles. The van der Waals surface area contributed by atoms with E-state index in [2.05, 4.69) is 14.9 Å².